The fourth-order valence-electron chi connectivity index (χ4n) is 2.74. The Morgan fingerprint density at radius 3 is 2.80 bits per heavy atom. The topological polar surface area (TPSA) is 51.8 Å². The van der Waals surface area contributed by atoms with E-state index in [4.69, 9.17) is 5.73 Å². The van der Waals surface area contributed by atoms with Crippen molar-refractivity contribution in [2.75, 3.05) is 5.73 Å². The van der Waals surface area contributed by atoms with Crippen LogP contribution in [0.1, 0.15) is 31.7 Å². The van der Waals surface area contributed by atoms with Gasteiger partial charge in [-0.15, -0.1) is 0 Å². The molecule has 0 aliphatic rings. The van der Waals surface area contributed by atoms with Crippen LogP contribution in [0.3, 0.4) is 0 Å². The van der Waals surface area contributed by atoms with Crippen molar-refractivity contribution in [3.63, 3.8) is 0 Å². The van der Waals surface area contributed by atoms with Gasteiger partial charge in [-0.2, -0.15) is 0 Å². The molecule has 20 heavy (non-hydrogen) atoms. The number of nitrogens with two attached hydrogens (primary N) is 1. The van der Waals surface area contributed by atoms with Crippen LogP contribution < -0.4 is 5.73 Å². The van der Waals surface area contributed by atoms with E-state index in [2.05, 4.69) is 29.0 Å². The zero-order chi connectivity index (χ0) is 13.9. The molecule has 3 rings (SSSR count). The summed E-state index contributed by atoms with van der Waals surface area (Å²) in [5, 5.41) is 2.32. The van der Waals surface area contributed by atoms with E-state index >= 15 is 0 Å². The Labute approximate surface area is 118 Å². The first-order chi connectivity index (χ1) is 9.81. The van der Waals surface area contributed by atoms with Crippen molar-refractivity contribution >= 4 is 27.6 Å². The molecule has 0 saturated heterocycles. The van der Waals surface area contributed by atoms with E-state index in [0.717, 1.165) is 22.8 Å². The summed E-state index contributed by atoms with van der Waals surface area (Å²) < 4.78 is 0. The fraction of sp³-hybridized carbons (Fsp3) is 0.294. The van der Waals surface area contributed by atoms with Crippen LogP contribution in [0.5, 0.6) is 0 Å². The maximum atomic E-state index is 6.07. The monoisotopic (exact) mass is 265 g/mol. The molecule has 0 fully saturated rings. The number of rotatable bonds is 4. The van der Waals surface area contributed by atoms with Crippen molar-refractivity contribution < 1.29 is 0 Å². The summed E-state index contributed by atoms with van der Waals surface area (Å²) in [5.41, 5.74) is 9.18. The van der Waals surface area contributed by atoms with Gasteiger partial charge in [-0.1, -0.05) is 38.0 Å². The van der Waals surface area contributed by atoms with Gasteiger partial charge < -0.3 is 5.73 Å². The average molecular weight is 265 g/mol. The highest BCUT2D eigenvalue weighted by molar-refractivity contribution is 6.09. The molecule has 3 heteroatoms. The molecule has 1 aromatic carbocycles. The fourth-order valence-corrected chi connectivity index (χ4v) is 2.74. The van der Waals surface area contributed by atoms with Crippen LogP contribution in [0.4, 0.5) is 5.82 Å². The average Bonchev–Trinajstić information content (AvgIpc) is 2.48. The summed E-state index contributed by atoms with van der Waals surface area (Å²) in [6.07, 6.45) is 6.60. The molecule has 0 bridgehead atoms. The van der Waals surface area contributed by atoms with Gasteiger partial charge in [-0.25, -0.2) is 4.98 Å². The standard InChI is InChI=1S/C17H19N3/c1-2-3-4-7-12-10-11-19-16-15(12)13-8-5-6-9-14(13)20-17(16)18/h5-6,8-11H,2-4,7H2,1H3,(H2,18,20). The lowest BCUT2D eigenvalue weighted by atomic mass is 10.00. The van der Waals surface area contributed by atoms with Gasteiger partial charge in [-0.05, 0) is 30.5 Å². The smallest absolute Gasteiger partial charge is 0.150 e. The highest BCUT2D eigenvalue weighted by Gasteiger charge is 2.10. The highest BCUT2D eigenvalue weighted by atomic mass is 14.9. The van der Waals surface area contributed by atoms with E-state index in [1.165, 1.54) is 30.2 Å². The predicted molar refractivity (Wildman–Crippen MR) is 84.7 cm³/mol. The number of pyridine rings is 2. The number of aromatic nitrogens is 2. The van der Waals surface area contributed by atoms with E-state index in [1.54, 1.807) is 0 Å². The molecule has 0 atom stereocenters. The van der Waals surface area contributed by atoms with Crippen molar-refractivity contribution in [3.8, 4) is 0 Å². The van der Waals surface area contributed by atoms with Gasteiger partial charge in [-0.3, -0.25) is 4.98 Å². The van der Waals surface area contributed by atoms with E-state index < -0.39 is 0 Å². The van der Waals surface area contributed by atoms with Gasteiger partial charge in [0.2, 0.25) is 0 Å². The van der Waals surface area contributed by atoms with Crippen LogP contribution in [-0.2, 0) is 6.42 Å². The van der Waals surface area contributed by atoms with Gasteiger partial charge in [0.05, 0.1) is 5.52 Å². The minimum Gasteiger partial charge on any atom is -0.382 e. The minimum absolute atomic E-state index is 0.524. The summed E-state index contributed by atoms with van der Waals surface area (Å²) in [6.45, 7) is 2.22. The Bertz CT molecular complexity index is 750. The van der Waals surface area contributed by atoms with Crippen molar-refractivity contribution in [3.05, 3.63) is 42.1 Å². The highest BCUT2D eigenvalue weighted by Crippen LogP contribution is 2.29. The molecule has 0 radical (unpaired) electrons. The minimum atomic E-state index is 0.524. The van der Waals surface area contributed by atoms with Gasteiger partial charge >= 0.3 is 0 Å². The SMILES string of the molecule is CCCCCc1ccnc2c(N)nc3ccccc3c12. The Balaban J connectivity index is 2.24. The molecule has 3 nitrogen and oxygen atoms in total. The number of hydrogen-bond donors (Lipinski definition) is 1. The zero-order valence-electron chi connectivity index (χ0n) is 11.8. The third kappa shape index (κ3) is 2.20. The lowest BCUT2D eigenvalue weighted by Crippen LogP contribution is -1.98. The van der Waals surface area contributed by atoms with Gasteiger partial charge in [0.15, 0.2) is 5.82 Å². The molecule has 0 spiro atoms. The van der Waals surface area contributed by atoms with E-state index in [0.29, 0.717) is 5.82 Å². The third-order valence-electron chi connectivity index (χ3n) is 3.74. The second kappa shape index (κ2) is 5.45. The van der Waals surface area contributed by atoms with E-state index in [-0.39, 0.29) is 0 Å². The Morgan fingerprint density at radius 2 is 1.95 bits per heavy atom. The molecular weight excluding hydrogens is 246 g/mol. The van der Waals surface area contributed by atoms with Gasteiger partial charge in [0.25, 0.3) is 0 Å². The van der Waals surface area contributed by atoms with Crippen LogP contribution in [0.2, 0.25) is 0 Å². The summed E-state index contributed by atoms with van der Waals surface area (Å²) in [7, 11) is 0. The number of fused-ring (bicyclic) bond motifs is 3. The molecule has 0 aliphatic heterocycles. The maximum Gasteiger partial charge on any atom is 0.150 e. The van der Waals surface area contributed by atoms with Gasteiger partial charge in [0.1, 0.15) is 5.52 Å². The van der Waals surface area contributed by atoms with Crippen molar-refractivity contribution in [1.82, 2.24) is 9.97 Å². The number of aryl methyl sites for hydroxylation is 1. The first-order valence-electron chi connectivity index (χ1n) is 7.23. The first-order valence-corrected chi connectivity index (χ1v) is 7.23. The summed E-state index contributed by atoms with van der Waals surface area (Å²) in [5.74, 6) is 0.524. The molecule has 2 aromatic heterocycles. The van der Waals surface area contributed by atoms with Crippen LogP contribution in [0, 0.1) is 0 Å². The van der Waals surface area contributed by atoms with Crippen molar-refractivity contribution in [2.45, 2.75) is 32.6 Å². The van der Waals surface area contributed by atoms with Crippen LogP contribution in [-0.4, -0.2) is 9.97 Å². The number of nitrogen functional groups attached to an aromatic ring is 1. The molecule has 0 aliphatic carbocycles. The molecule has 3 aromatic rings. The molecule has 0 amide bonds. The molecule has 102 valence electrons. The number of para-hydroxylation sites is 1. The molecular formula is C17H19N3. The predicted octanol–water partition coefficient (Wildman–Crippen LogP) is 4.10. The number of anilines is 1. The number of benzene rings is 1. The van der Waals surface area contributed by atoms with Crippen LogP contribution >= 0.6 is 0 Å². The number of nitrogens with zero attached hydrogens (tertiary/aromatic N) is 2. The normalized spacial score (nSPS) is 11.2. The summed E-state index contributed by atoms with van der Waals surface area (Å²) in [4.78, 5) is 8.89. The summed E-state index contributed by atoms with van der Waals surface area (Å²) in [6, 6.07) is 10.3. The molecule has 0 saturated carbocycles. The largest absolute Gasteiger partial charge is 0.382 e. The van der Waals surface area contributed by atoms with Crippen LogP contribution in [0.15, 0.2) is 36.5 Å². The Morgan fingerprint density at radius 1 is 1.10 bits per heavy atom. The van der Waals surface area contributed by atoms with E-state index in [1.807, 2.05) is 24.4 Å². The Hall–Kier alpha value is -2.16. The van der Waals surface area contributed by atoms with Crippen molar-refractivity contribution in [1.29, 1.82) is 0 Å². The van der Waals surface area contributed by atoms with E-state index in [9.17, 15) is 0 Å². The second-order valence-electron chi connectivity index (χ2n) is 5.16. The summed E-state index contributed by atoms with van der Waals surface area (Å²) >= 11 is 0. The van der Waals surface area contributed by atoms with Gasteiger partial charge in [0, 0.05) is 17.0 Å². The molecule has 0 unspecified atom stereocenters. The third-order valence-corrected chi connectivity index (χ3v) is 3.74. The number of hydrogen-bond acceptors (Lipinski definition) is 3. The number of unbranched alkanes of at least 4 members (excludes halogenated alkanes) is 2. The molecule has 2 N–H and O–H groups in total. The van der Waals surface area contributed by atoms with Crippen molar-refractivity contribution in [2.24, 2.45) is 0 Å². The molecule has 2 heterocycles. The quantitative estimate of drug-likeness (QED) is 0.571. The second-order valence-corrected chi connectivity index (χ2v) is 5.16. The first kappa shape index (κ1) is 12.9. The lowest BCUT2D eigenvalue weighted by molar-refractivity contribution is 0.719. The lowest BCUT2D eigenvalue weighted by Gasteiger charge is -2.10. The zero-order valence-corrected chi connectivity index (χ0v) is 11.8. The van der Waals surface area contributed by atoms with Crippen LogP contribution in [0.25, 0.3) is 21.8 Å². The maximum absolute atomic E-state index is 6.07. The Kier molecular flexibility index (Phi) is 3.50.